The predicted octanol–water partition coefficient (Wildman–Crippen LogP) is 3.15. The SMILES string of the molecule is C=c1ccc2c(C)ccc3c2c1C(C)=CCC=3. The van der Waals surface area contributed by atoms with Crippen molar-refractivity contribution in [2.24, 2.45) is 0 Å². The average molecular weight is 220 g/mol. The lowest BCUT2D eigenvalue weighted by Crippen LogP contribution is -2.12. The maximum Gasteiger partial charge on any atom is -0.00309 e. The van der Waals surface area contributed by atoms with Gasteiger partial charge in [-0.05, 0) is 58.2 Å². The van der Waals surface area contributed by atoms with Crippen LogP contribution in [0.4, 0.5) is 0 Å². The second-order valence-electron chi connectivity index (χ2n) is 4.82. The van der Waals surface area contributed by atoms with Crippen molar-refractivity contribution in [3.05, 3.63) is 51.9 Å². The molecule has 0 aliphatic heterocycles. The number of hydrogen-bond acceptors (Lipinski definition) is 0. The number of aryl methyl sites for hydroxylation is 1. The first kappa shape index (κ1) is 10.3. The van der Waals surface area contributed by atoms with Gasteiger partial charge in [-0.25, -0.2) is 0 Å². The molecule has 0 spiro atoms. The van der Waals surface area contributed by atoms with E-state index in [-0.39, 0.29) is 0 Å². The molecule has 0 unspecified atom stereocenters. The lowest BCUT2D eigenvalue weighted by Gasteiger charge is -2.09. The van der Waals surface area contributed by atoms with E-state index in [2.05, 4.69) is 56.8 Å². The van der Waals surface area contributed by atoms with Gasteiger partial charge in [0, 0.05) is 0 Å². The van der Waals surface area contributed by atoms with Crippen LogP contribution < -0.4 is 10.4 Å². The largest absolute Gasteiger partial charge is 0.0911 e. The molecule has 3 rings (SSSR count). The van der Waals surface area contributed by atoms with Gasteiger partial charge in [-0.1, -0.05) is 43.0 Å². The van der Waals surface area contributed by atoms with Crippen LogP contribution >= 0.6 is 0 Å². The lowest BCUT2D eigenvalue weighted by atomic mass is 9.94. The molecule has 0 saturated heterocycles. The Hall–Kier alpha value is -1.82. The van der Waals surface area contributed by atoms with Crippen molar-refractivity contribution >= 4 is 29.0 Å². The second kappa shape index (κ2) is 3.59. The molecule has 1 aliphatic carbocycles. The van der Waals surface area contributed by atoms with Gasteiger partial charge in [-0.15, -0.1) is 0 Å². The molecule has 0 radical (unpaired) electrons. The van der Waals surface area contributed by atoms with Gasteiger partial charge in [-0.2, -0.15) is 0 Å². The van der Waals surface area contributed by atoms with E-state index in [1.165, 1.54) is 32.7 Å². The van der Waals surface area contributed by atoms with Crippen LogP contribution in [0.1, 0.15) is 24.5 Å². The molecule has 1 aliphatic rings. The van der Waals surface area contributed by atoms with Crippen LogP contribution in [0.2, 0.25) is 0 Å². The van der Waals surface area contributed by atoms with Crippen molar-refractivity contribution in [3.8, 4) is 0 Å². The summed E-state index contributed by atoms with van der Waals surface area (Å²) in [6, 6.07) is 8.78. The molecule has 0 fully saturated rings. The molecule has 0 bridgehead atoms. The van der Waals surface area contributed by atoms with Crippen LogP contribution in [-0.2, 0) is 0 Å². The van der Waals surface area contributed by atoms with E-state index in [0.717, 1.165) is 11.6 Å². The van der Waals surface area contributed by atoms with Crippen molar-refractivity contribution in [2.45, 2.75) is 20.3 Å². The Morgan fingerprint density at radius 3 is 2.65 bits per heavy atom. The fourth-order valence-electron chi connectivity index (χ4n) is 2.75. The van der Waals surface area contributed by atoms with Crippen molar-refractivity contribution in [3.63, 3.8) is 0 Å². The summed E-state index contributed by atoms with van der Waals surface area (Å²) in [7, 11) is 0. The molecule has 0 amide bonds. The Balaban J connectivity index is 2.69. The van der Waals surface area contributed by atoms with Crippen molar-refractivity contribution in [2.75, 3.05) is 0 Å². The summed E-state index contributed by atoms with van der Waals surface area (Å²) >= 11 is 0. The minimum atomic E-state index is 1.01. The van der Waals surface area contributed by atoms with Crippen molar-refractivity contribution in [1.82, 2.24) is 0 Å². The first-order valence-electron chi connectivity index (χ1n) is 6.07. The van der Waals surface area contributed by atoms with Gasteiger partial charge in [0.25, 0.3) is 0 Å². The fraction of sp³-hybridized carbons (Fsp3) is 0.176. The third-order valence-electron chi connectivity index (χ3n) is 3.67. The van der Waals surface area contributed by atoms with Crippen LogP contribution in [-0.4, -0.2) is 0 Å². The van der Waals surface area contributed by atoms with Gasteiger partial charge < -0.3 is 0 Å². The fourth-order valence-corrected chi connectivity index (χ4v) is 2.75. The molecule has 0 aromatic heterocycles. The molecule has 17 heavy (non-hydrogen) atoms. The topological polar surface area (TPSA) is 0 Å². The average Bonchev–Trinajstić information content (AvgIpc) is 2.47. The Bertz CT molecular complexity index is 746. The zero-order valence-corrected chi connectivity index (χ0v) is 10.4. The minimum absolute atomic E-state index is 1.01. The molecule has 0 heterocycles. The standard InChI is InChI=1S/C17H16/c1-11-7-9-14-6-4-5-12(2)16-13(3)8-10-15(11)17(14)16/h5-10H,3-4H2,1-2H3. The zero-order valence-electron chi connectivity index (χ0n) is 10.4. The molecule has 2 aromatic carbocycles. The van der Waals surface area contributed by atoms with Crippen molar-refractivity contribution in [1.29, 1.82) is 0 Å². The van der Waals surface area contributed by atoms with E-state index in [0.29, 0.717) is 0 Å². The van der Waals surface area contributed by atoms with E-state index < -0.39 is 0 Å². The molecule has 0 heteroatoms. The smallest absolute Gasteiger partial charge is 0.00309 e. The van der Waals surface area contributed by atoms with Crippen LogP contribution in [0.3, 0.4) is 0 Å². The summed E-state index contributed by atoms with van der Waals surface area (Å²) in [6.45, 7) is 8.55. The highest BCUT2D eigenvalue weighted by atomic mass is 14.1. The highest BCUT2D eigenvalue weighted by Gasteiger charge is 2.09. The third-order valence-corrected chi connectivity index (χ3v) is 3.67. The van der Waals surface area contributed by atoms with Crippen LogP contribution in [0.25, 0.3) is 29.0 Å². The van der Waals surface area contributed by atoms with E-state index in [4.69, 9.17) is 0 Å². The van der Waals surface area contributed by atoms with Gasteiger partial charge in [0.15, 0.2) is 0 Å². The van der Waals surface area contributed by atoms with Gasteiger partial charge in [0.2, 0.25) is 0 Å². The molecular formula is C17H16. The molecule has 0 atom stereocenters. The first-order chi connectivity index (χ1) is 8.18. The van der Waals surface area contributed by atoms with E-state index >= 15 is 0 Å². The van der Waals surface area contributed by atoms with E-state index in [1.54, 1.807) is 0 Å². The van der Waals surface area contributed by atoms with Crippen LogP contribution in [0, 0.1) is 6.92 Å². The number of rotatable bonds is 0. The molecule has 84 valence electrons. The summed E-state index contributed by atoms with van der Waals surface area (Å²) in [6.07, 6.45) is 5.61. The van der Waals surface area contributed by atoms with Gasteiger partial charge in [0.05, 0.1) is 0 Å². The van der Waals surface area contributed by atoms with E-state index in [9.17, 15) is 0 Å². The first-order valence-corrected chi connectivity index (χ1v) is 6.07. The quantitative estimate of drug-likeness (QED) is 0.640. The Morgan fingerprint density at radius 1 is 1.00 bits per heavy atom. The maximum absolute atomic E-state index is 4.18. The number of hydrogen-bond donors (Lipinski definition) is 0. The predicted molar refractivity (Wildman–Crippen MR) is 76.2 cm³/mol. The summed E-state index contributed by atoms with van der Waals surface area (Å²) in [4.78, 5) is 0. The molecule has 2 aromatic rings. The normalized spacial score (nSPS) is 14.1. The minimum Gasteiger partial charge on any atom is -0.0911 e. The summed E-state index contributed by atoms with van der Waals surface area (Å²) < 4.78 is 0. The summed E-state index contributed by atoms with van der Waals surface area (Å²) in [5, 5.41) is 5.21. The van der Waals surface area contributed by atoms with E-state index in [1.807, 2.05) is 0 Å². The van der Waals surface area contributed by atoms with Gasteiger partial charge in [0.1, 0.15) is 0 Å². The molecular weight excluding hydrogens is 204 g/mol. The molecule has 0 saturated carbocycles. The zero-order chi connectivity index (χ0) is 12.0. The Kier molecular flexibility index (Phi) is 2.19. The van der Waals surface area contributed by atoms with Crippen molar-refractivity contribution < 1.29 is 0 Å². The lowest BCUT2D eigenvalue weighted by molar-refractivity contribution is 1.47. The number of allylic oxidation sites excluding steroid dienone is 2. The summed E-state index contributed by atoms with van der Waals surface area (Å²) in [5.41, 5.74) is 4.02. The second-order valence-corrected chi connectivity index (χ2v) is 4.82. The highest BCUT2D eigenvalue weighted by Crippen LogP contribution is 2.23. The maximum atomic E-state index is 4.18. The summed E-state index contributed by atoms with van der Waals surface area (Å²) in [5.74, 6) is 0. The molecule has 0 nitrogen and oxygen atoms in total. The third kappa shape index (κ3) is 1.44. The van der Waals surface area contributed by atoms with Gasteiger partial charge >= 0.3 is 0 Å². The highest BCUT2D eigenvalue weighted by molar-refractivity contribution is 5.97. The van der Waals surface area contributed by atoms with Crippen LogP contribution in [0.5, 0.6) is 0 Å². The van der Waals surface area contributed by atoms with Gasteiger partial charge in [-0.3, -0.25) is 0 Å². The Morgan fingerprint density at radius 2 is 1.82 bits per heavy atom. The number of benzene rings is 2. The van der Waals surface area contributed by atoms with Crippen LogP contribution in [0.15, 0.2) is 30.3 Å². The Labute approximate surface area is 102 Å². The monoisotopic (exact) mass is 220 g/mol. The molecule has 0 N–H and O–H groups in total.